The van der Waals surface area contributed by atoms with Gasteiger partial charge in [-0.05, 0) is 36.6 Å². The molecule has 1 fully saturated rings. The smallest absolute Gasteiger partial charge is 0.322 e. The Morgan fingerprint density at radius 1 is 1.39 bits per heavy atom. The summed E-state index contributed by atoms with van der Waals surface area (Å²) in [6, 6.07) is 9.73. The number of fused-ring (bicyclic) bond motifs is 1. The van der Waals surface area contributed by atoms with Gasteiger partial charge in [0.25, 0.3) is 0 Å². The molecule has 4 heteroatoms. The number of aliphatic carboxylic acids is 1. The van der Waals surface area contributed by atoms with E-state index in [2.05, 4.69) is 4.98 Å². The molecule has 0 amide bonds. The first kappa shape index (κ1) is 11.5. The van der Waals surface area contributed by atoms with Crippen molar-refractivity contribution in [2.24, 2.45) is 0 Å². The molecule has 1 atom stereocenters. The first-order chi connectivity index (χ1) is 8.63. The van der Waals surface area contributed by atoms with Gasteiger partial charge in [0.15, 0.2) is 0 Å². The summed E-state index contributed by atoms with van der Waals surface area (Å²) in [6.07, 6.45) is 3.41. The zero-order valence-corrected chi connectivity index (χ0v) is 10.4. The lowest BCUT2D eigenvalue weighted by Crippen LogP contribution is -2.28. The van der Waals surface area contributed by atoms with Crippen molar-refractivity contribution in [2.45, 2.75) is 23.6 Å². The number of alkyl halides is 1. The maximum Gasteiger partial charge on any atom is 0.322 e. The van der Waals surface area contributed by atoms with Crippen LogP contribution in [-0.2, 0) is 10.2 Å². The summed E-state index contributed by atoms with van der Waals surface area (Å²) in [7, 11) is 0. The van der Waals surface area contributed by atoms with Crippen molar-refractivity contribution in [3.05, 3.63) is 42.1 Å². The van der Waals surface area contributed by atoms with Gasteiger partial charge < -0.3 is 5.11 Å². The quantitative estimate of drug-likeness (QED) is 0.865. The first-order valence-corrected chi connectivity index (χ1v) is 6.29. The minimum atomic E-state index is -0.944. The van der Waals surface area contributed by atoms with Gasteiger partial charge in [0, 0.05) is 17.0 Å². The normalized spacial score (nSPS) is 18.5. The predicted molar refractivity (Wildman–Crippen MR) is 69.9 cm³/mol. The lowest BCUT2D eigenvalue weighted by Gasteiger charge is -2.18. The summed E-state index contributed by atoms with van der Waals surface area (Å²) in [4.78, 5) is 15.3. The van der Waals surface area contributed by atoms with Crippen LogP contribution >= 0.6 is 11.6 Å². The summed E-state index contributed by atoms with van der Waals surface area (Å²) in [5.41, 5.74) is 1.53. The minimum absolute atomic E-state index is 0.391. The summed E-state index contributed by atoms with van der Waals surface area (Å²) in [6.45, 7) is 0. The van der Waals surface area contributed by atoms with E-state index >= 15 is 0 Å². The second kappa shape index (κ2) is 3.95. The van der Waals surface area contributed by atoms with Crippen LogP contribution in [0, 0.1) is 0 Å². The van der Waals surface area contributed by atoms with Crippen molar-refractivity contribution in [3.63, 3.8) is 0 Å². The van der Waals surface area contributed by atoms with Crippen molar-refractivity contribution in [3.8, 4) is 0 Å². The Balaban J connectivity index is 2.07. The van der Waals surface area contributed by atoms with Crippen molar-refractivity contribution < 1.29 is 9.90 Å². The molecule has 1 N–H and O–H groups in total. The number of carboxylic acid groups (broad SMARTS) is 1. The van der Waals surface area contributed by atoms with Gasteiger partial charge in [-0.2, -0.15) is 0 Å². The van der Waals surface area contributed by atoms with Gasteiger partial charge in [-0.1, -0.05) is 12.1 Å². The third-order valence-corrected chi connectivity index (χ3v) is 4.27. The van der Waals surface area contributed by atoms with Crippen LogP contribution in [0.5, 0.6) is 0 Å². The van der Waals surface area contributed by atoms with E-state index < -0.39 is 16.8 Å². The molecule has 92 valence electrons. The number of carboxylic acids is 1. The average molecular weight is 262 g/mol. The number of pyridine rings is 1. The highest BCUT2D eigenvalue weighted by Gasteiger charge is 2.53. The number of benzene rings is 1. The lowest BCUT2D eigenvalue weighted by molar-refractivity contribution is -0.137. The zero-order valence-electron chi connectivity index (χ0n) is 9.64. The Morgan fingerprint density at radius 2 is 2.17 bits per heavy atom. The highest BCUT2D eigenvalue weighted by atomic mass is 35.5. The highest BCUT2D eigenvalue weighted by Crippen LogP contribution is 2.53. The maximum atomic E-state index is 11.1. The summed E-state index contributed by atoms with van der Waals surface area (Å²) >= 11 is 6.04. The molecule has 2 aromatic rings. The number of hydrogen-bond donors (Lipinski definition) is 1. The second-order valence-corrected chi connectivity index (χ2v) is 5.20. The first-order valence-electron chi connectivity index (χ1n) is 5.86. The molecule has 1 heterocycles. The van der Waals surface area contributed by atoms with Crippen LogP contribution in [0.15, 0.2) is 36.5 Å². The Bertz CT molecular complexity index is 622. The van der Waals surface area contributed by atoms with Gasteiger partial charge in [-0.15, -0.1) is 11.6 Å². The van der Waals surface area contributed by atoms with E-state index in [-0.39, 0.29) is 0 Å². The van der Waals surface area contributed by atoms with E-state index in [4.69, 9.17) is 16.7 Å². The van der Waals surface area contributed by atoms with E-state index in [1.54, 1.807) is 6.20 Å². The topological polar surface area (TPSA) is 50.2 Å². The molecule has 1 unspecified atom stereocenters. The molecular weight excluding hydrogens is 250 g/mol. The standard InChI is InChI=1S/C14H12ClNO2/c15-12(13(17)18)14(5-6-14)10-3-4-11-9(8-10)2-1-7-16-11/h1-4,7-8,12H,5-6H2,(H,17,18). The number of nitrogens with zero attached hydrogens (tertiary/aromatic N) is 1. The number of aromatic nitrogens is 1. The van der Waals surface area contributed by atoms with E-state index in [9.17, 15) is 4.79 Å². The predicted octanol–water partition coefficient (Wildman–Crippen LogP) is 2.96. The average Bonchev–Trinajstić information content (AvgIpc) is 3.18. The molecule has 18 heavy (non-hydrogen) atoms. The molecule has 0 radical (unpaired) electrons. The second-order valence-electron chi connectivity index (χ2n) is 4.77. The number of hydrogen-bond acceptors (Lipinski definition) is 2. The molecule has 3 nitrogen and oxygen atoms in total. The molecule has 1 aliphatic rings. The van der Waals surface area contributed by atoms with Gasteiger partial charge in [0.1, 0.15) is 5.38 Å². The van der Waals surface area contributed by atoms with Crippen molar-refractivity contribution >= 4 is 28.5 Å². The largest absolute Gasteiger partial charge is 0.480 e. The third kappa shape index (κ3) is 1.66. The zero-order chi connectivity index (χ0) is 12.8. The fourth-order valence-electron chi connectivity index (χ4n) is 2.44. The van der Waals surface area contributed by atoms with Crippen LogP contribution in [0.3, 0.4) is 0 Å². The van der Waals surface area contributed by atoms with Crippen LogP contribution < -0.4 is 0 Å². The Labute approximate surface area is 109 Å². The number of carbonyl (C=O) groups is 1. The van der Waals surface area contributed by atoms with Crippen molar-refractivity contribution in [1.82, 2.24) is 4.98 Å². The van der Waals surface area contributed by atoms with E-state index in [1.165, 1.54) is 0 Å². The fraction of sp³-hybridized carbons (Fsp3) is 0.286. The van der Waals surface area contributed by atoms with Crippen molar-refractivity contribution in [2.75, 3.05) is 0 Å². The molecular formula is C14H12ClNO2. The third-order valence-electron chi connectivity index (χ3n) is 3.67. The fourth-order valence-corrected chi connectivity index (χ4v) is 2.79. The number of rotatable bonds is 3. The van der Waals surface area contributed by atoms with E-state index in [1.807, 2.05) is 30.3 Å². The van der Waals surface area contributed by atoms with Crippen LogP contribution in [0.25, 0.3) is 10.9 Å². The Hall–Kier alpha value is -1.61. The van der Waals surface area contributed by atoms with Crippen LogP contribution in [0.4, 0.5) is 0 Å². The monoisotopic (exact) mass is 261 g/mol. The van der Waals surface area contributed by atoms with E-state index in [0.717, 1.165) is 29.3 Å². The van der Waals surface area contributed by atoms with Gasteiger partial charge >= 0.3 is 5.97 Å². The number of halogens is 1. The molecule has 1 saturated carbocycles. The van der Waals surface area contributed by atoms with Gasteiger partial charge in [0.05, 0.1) is 5.52 Å². The molecule has 0 saturated heterocycles. The van der Waals surface area contributed by atoms with E-state index in [0.29, 0.717) is 0 Å². The molecule has 1 aliphatic carbocycles. The van der Waals surface area contributed by atoms with Gasteiger partial charge in [-0.25, -0.2) is 0 Å². The van der Waals surface area contributed by atoms with Crippen LogP contribution in [0.2, 0.25) is 0 Å². The van der Waals surface area contributed by atoms with Crippen LogP contribution in [0.1, 0.15) is 18.4 Å². The van der Waals surface area contributed by atoms with Crippen molar-refractivity contribution in [1.29, 1.82) is 0 Å². The Morgan fingerprint density at radius 3 is 2.83 bits per heavy atom. The summed E-state index contributed by atoms with van der Waals surface area (Å²) in [5, 5.41) is 9.26. The molecule has 3 rings (SSSR count). The van der Waals surface area contributed by atoms with Gasteiger partial charge in [-0.3, -0.25) is 9.78 Å². The maximum absolute atomic E-state index is 11.1. The minimum Gasteiger partial charge on any atom is -0.480 e. The molecule has 0 bridgehead atoms. The molecule has 1 aromatic carbocycles. The molecule has 0 spiro atoms. The summed E-state index contributed by atoms with van der Waals surface area (Å²) in [5.74, 6) is -0.944. The van der Waals surface area contributed by atoms with Gasteiger partial charge in [0.2, 0.25) is 0 Å². The SMILES string of the molecule is O=C(O)C(Cl)C1(c2ccc3ncccc3c2)CC1. The Kier molecular flexibility index (Phi) is 2.52. The summed E-state index contributed by atoms with van der Waals surface area (Å²) < 4.78 is 0. The van der Waals surface area contributed by atoms with Crippen LogP contribution in [-0.4, -0.2) is 21.4 Å². The highest BCUT2D eigenvalue weighted by molar-refractivity contribution is 6.31. The lowest BCUT2D eigenvalue weighted by atomic mass is 9.91. The molecule has 0 aliphatic heterocycles. The molecule has 1 aromatic heterocycles.